The van der Waals surface area contributed by atoms with Crippen LogP contribution in [0.1, 0.15) is 35.3 Å². The molecule has 0 saturated heterocycles. The zero-order valence-electron chi connectivity index (χ0n) is 13.0. The van der Waals surface area contributed by atoms with E-state index in [0.717, 1.165) is 23.3 Å². The van der Waals surface area contributed by atoms with Gasteiger partial charge in [0.1, 0.15) is 11.4 Å². The van der Waals surface area contributed by atoms with Gasteiger partial charge in [-0.2, -0.15) is 5.10 Å². The number of rotatable bonds is 3. The fraction of sp³-hybridized carbons (Fsp3) is 0.222. The summed E-state index contributed by atoms with van der Waals surface area (Å²) in [6, 6.07) is 12.5. The number of amides is 1. The van der Waals surface area contributed by atoms with Gasteiger partial charge in [0.25, 0.3) is 5.91 Å². The van der Waals surface area contributed by atoms with Gasteiger partial charge in [-0.25, -0.2) is 5.43 Å². The van der Waals surface area contributed by atoms with Crippen LogP contribution in [0.2, 0.25) is 5.02 Å². The third-order valence-corrected chi connectivity index (χ3v) is 3.83. The predicted octanol–water partition coefficient (Wildman–Crippen LogP) is 3.82. The number of ether oxygens (including phenoxy) is 1. The lowest BCUT2D eigenvalue weighted by molar-refractivity contribution is 0.0955. The summed E-state index contributed by atoms with van der Waals surface area (Å²) in [6.07, 6.45) is 2.49. The minimum atomic E-state index is -0.274. The lowest BCUT2D eigenvalue weighted by Crippen LogP contribution is -2.24. The van der Waals surface area contributed by atoms with E-state index in [-0.39, 0.29) is 11.5 Å². The van der Waals surface area contributed by atoms with E-state index in [9.17, 15) is 4.79 Å². The molecule has 0 spiro atoms. The lowest BCUT2D eigenvalue weighted by Gasteiger charge is -2.16. The summed E-state index contributed by atoms with van der Waals surface area (Å²) in [5.41, 5.74) is 4.92. The quantitative estimate of drug-likeness (QED) is 0.688. The first-order valence-electron chi connectivity index (χ1n) is 7.34. The van der Waals surface area contributed by atoms with Crippen LogP contribution in [0.15, 0.2) is 47.6 Å². The highest BCUT2D eigenvalue weighted by Gasteiger charge is 2.29. The molecule has 0 unspecified atom stereocenters. The van der Waals surface area contributed by atoms with E-state index >= 15 is 0 Å². The normalized spacial score (nSPS) is 15.3. The molecule has 0 fully saturated rings. The zero-order valence-corrected chi connectivity index (χ0v) is 13.7. The molecule has 0 bridgehead atoms. The van der Waals surface area contributed by atoms with Crippen LogP contribution in [0.4, 0.5) is 0 Å². The Bertz CT molecular complexity index is 767. The first-order valence-corrected chi connectivity index (χ1v) is 7.72. The second kappa shape index (κ2) is 6.05. The summed E-state index contributed by atoms with van der Waals surface area (Å²) in [4.78, 5) is 11.9. The molecule has 4 nitrogen and oxygen atoms in total. The maximum absolute atomic E-state index is 11.9. The number of nitrogens with zero attached hydrogens (tertiary/aromatic N) is 1. The third-order valence-electron chi connectivity index (χ3n) is 3.57. The molecule has 5 heteroatoms. The molecule has 0 aliphatic carbocycles. The molecular weight excluding hydrogens is 312 g/mol. The second-order valence-electron chi connectivity index (χ2n) is 6.11. The van der Waals surface area contributed by atoms with Gasteiger partial charge in [0.2, 0.25) is 0 Å². The molecule has 118 valence electrons. The van der Waals surface area contributed by atoms with Crippen LogP contribution in [0.5, 0.6) is 5.75 Å². The van der Waals surface area contributed by atoms with Gasteiger partial charge in [-0.3, -0.25) is 4.79 Å². The van der Waals surface area contributed by atoms with Crippen LogP contribution in [0.3, 0.4) is 0 Å². The van der Waals surface area contributed by atoms with Crippen LogP contribution in [-0.4, -0.2) is 17.7 Å². The van der Waals surface area contributed by atoms with Crippen molar-refractivity contribution in [3.63, 3.8) is 0 Å². The van der Waals surface area contributed by atoms with E-state index in [1.807, 2.05) is 18.2 Å². The van der Waals surface area contributed by atoms with E-state index in [4.69, 9.17) is 16.3 Å². The predicted molar refractivity (Wildman–Crippen MR) is 91.4 cm³/mol. The number of hydrogen-bond acceptors (Lipinski definition) is 3. The summed E-state index contributed by atoms with van der Waals surface area (Å²) >= 11 is 5.80. The number of halogens is 1. The van der Waals surface area contributed by atoms with Gasteiger partial charge in [-0.15, -0.1) is 0 Å². The molecule has 1 aliphatic heterocycles. The maximum atomic E-state index is 11.9. The molecule has 0 radical (unpaired) electrons. The highest BCUT2D eigenvalue weighted by molar-refractivity contribution is 6.30. The molecule has 1 amide bonds. The minimum absolute atomic E-state index is 0.166. The Morgan fingerprint density at radius 2 is 2.00 bits per heavy atom. The van der Waals surface area contributed by atoms with E-state index in [2.05, 4.69) is 24.4 Å². The third kappa shape index (κ3) is 3.71. The Labute approximate surface area is 140 Å². The van der Waals surface area contributed by atoms with Gasteiger partial charge in [0, 0.05) is 17.0 Å². The molecule has 23 heavy (non-hydrogen) atoms. The van der Waals surface area contributed by atoms with Crippen molar-refractivity contribution in [2.24, 2.45) is 5.10 Å². The van der Waals surface area contributed by atoms with Crippen LogP contribution in [0, 0.1) is 0 Å². The van der Waals surface area contributed by atoms with Crippen molar-refractivity contribution in [2.45, 2.75) is 25.9 Å². The van der Waals surface area contributed by atoms with Crippen LogP contribution in [0.25, 0.3) is 0 Å². The first kappa shape index (κ1) is 15.6. The van der Waals surface area contributed by atoms with E-state index in [0.29, 0.717) is 10.6 Å². The monoisotopic (exact) mass is 328 g/mol. The number of carbonyl (C=O) groups excluding carboxylic acids is 1. The summed E-state index contributed by atoms with van der Waals surface area (Å²) in [5, 5.41) is 4.59. The molecule has 0 aromatic heterocycles. The fourth-order valence-corrected chi connectivity index (χ4v) is 2.67. The highest BCUT2D eigenvalue weighted by Crippen LogP contribution is 2.34. The van der Waals surface area contributed by atoms with Crippen LogP contribution in [-0.2, 0) is 6.42 Å². The summed E-state index contributed by atoms with van der Waals surface area (Å²) in [6.45, 7) is 4.13. The Kier molecular flexibility index (Phi) is 4.09. The van der Waals surface area contributed by atoms with Crippen molar-refractivity contribution < 1.29 is 9.53 Å². The fourth-order valence-electron chi connectivity index (χ4n) is 2.54. The van der Waals surface area contributed by atoms with Gasteiger partial charge < -0.3 is 4.74 Å². The molecule has 1 N–H and O–H groups in total. The Hall–Kier alpha value is -2.33. The summed E-state index contributed by atoms with van der Waals surface area (Å²) < 4.78 is 5.83. The van der Waals surface area contributed by atoms with Crippen molar-refractivity contribution in [1.82, 2.24) is 5.43 Å². The number of nitrogens with one attached hydrogen (secondary N) is 1. The van der Waals surface area contributed by atoms with Crippen molar-refractivity contribution in [1.29, 1.82) is 0 Å². The topological polar surface area (TPSA) is 50.7 Å². The van der Waals surface area contributed by atoms with Gasteiger partial charge in [-0.05, 0) is 67.4 Å². The van der Waals surface area contributed by atoms with Crippen molar-refractivity contribution in [3.05, 3.63) is 64.2 Å². The average molecular weight is 329 g/mol. The van der Waals surface area contributed by atoms with Gasteiger partial charge in [-0.1, -0.05) is 11.6 Å². The Morgan fingerprint density at radius 3 is 2.74 bits per heavy atom. The molecule has 0 saturated carbocycles. The van der Waals surface area contributed by atoms with E-state index in [1.54, 1.807) is 30.5 Å². The van der Waals surface area contributed by atoms with E-state index < -0.39 is 0 Å². The van der Waals surface area contributed by atoms with Crippen LogP contribution >= 0.6 is 11.6 Å². The number of hydrogen-bond donors (Lipinski definition) is 1. The number of fused-ring (bicyclic) bond motifs is 1. The summed E-state index contributed by atoms with van der Waals surface area (Å²) in [7, 11) is 0. The largest absolute Gasteiger partial charge is 0.487 e. The standard InChI is InChI=1S/C18H17ClN2O2/c1-18(2)10-14-9-12(3-8-16(14)23-18)11-20-21-17(22)13-4-6-15(19)7-5-13/h3-9,11H,10H2,1-2H3,(H,21,22)/b20-11+. The lowest BCUT2D eigenvalue weighted by atomic mass is 10.0. The van der Waals surface area contributed by atoms with Crippen molar-refractivity contribution >= 4 is 23.7 Å². The molecule has 2 aromatic rings. The number of carbonyl (C=O) groups is 1. The highest BCUT2D eigenvalue weighted by atomic mass is 35.5. The maximum Gasteiger partial charge on any atom is 0.271 e. The minimum Gasteiger partial charge on any atom is -0.487 e. The second-order valence-corrected chi connectivity index (χ2v) is 6.55. The Morgan fingerprint density at radius 1 is 1.26 bits per heavy atom. The number of hydrazone groups is 1. The molecule has 3 rings (SSSR count). The van der Waals surface area contributed by atoms with Crippen LogP contribution < -0.4 is 10.2 Å². The van der Waals surface area contributed by atoms with E-state index in [1.165, 1.54) is 0 Å². The smallest absolute Gasteiger partial charge is 0.271 e. The SMILES string of the molecule is CC1(C)Cc2cc(/C=N/NC(=O)c3ccc(Cl)cc3)ccc2O1. The first-order chi connectivity index (χ1) is 10.9. The molecule has 1 heterocycles. The molecule has 2 aromatic carbocycles. The zero-order chi connectivity index (χ0) is 16.4. The number of benzene rings is 2. The summed E-state index contributed by atoms with van der Waals surface area (Å²) in [5.74, 6) is 0.640. The van der Waals surface area contributed by atoms with Gasteiger partial charge in [0.05, 0.1) is 6.21 Å². The van der Waals surface area contributed by atoms with Crippen molar-refractivity contribution in [3.8, 4) is 5.75 Å². The average Bonchev–Trinajstić information content (AvgIpc) is 2.81. The van der Waals surface area contributed by atoms with Gasteiger partial charge in [0.15, 0.2) is 0 Å². The molecular formula is C18H17ClN2O2. The van der Waals surface area contributed by atoms with Crippen molar-refractivity contribution in [2.75, 3.05) is 0 Å². The molecule has 1 aliphatic rings. The molecule has 0 atom stereocenters. The Balaban J connectivity index is 1.65. The van der Waals surface area contributed by atoms with Gasteiger partial charge >= 0.3 is 0 Å².